The van der Waals surface area contributed by atoms with Gasteiger partial charge in [-0.2, -0.15) is 13.2 Å². The Balaban J connectivity index is 1.60. The zero-order valence-electron chi connectivity index (χ0n) is 13.6. The second-order valence-electron chi connectivity index (χ2n) is 6.39. The number of hydrogen-bond acceptors (Lipinski definition) is 1. The Hall–Kier alpha value is -1.82. The Morgan fingerprint density at radius 2 is 1.88 bits per heavy atom. The molecule has 2 aromatic carbocycles. The Labute approximate surface area is 152 Å². The molecule has 2 nitrogen and oxygen atoms in total. The SMILES string of the molecule is CN(Cc1ccc(C(F)(F)F)cc1)C(=O)C1CC1c1cccc(Br)c1. The number of nitrogens with zero attached hydrogens (tertiary/aromatic N) is 1. The molecule has 1 fully saturated rings. The first-order valence-corrected chi connectivity index (χ1v) is 8.71. The zero-order chi connectivity index (χ0) is 18.2. The summed E-state index contributed by atoms with van der Waals surface area (Å²) in [4.78, 5) is 14.1. The minimum atomic E-state index is -4.34. The molecule has 0 radical (unpaired) electrons. The molecule has 1 amide bonds. The molecule has 2 atom stereocenters. The summed E-state index contributed by atoms with van der Waals surface area (Å²) in [5.74, 6) is 0.207. The molecule has 0 heterocycles. The Morgan fingerprint density at radius 1 is 1.20 bits per heavy atom. The van der Waals surface area contributed by atoms with E-state index >= 15 is 0 Å². The molecular formula is C19H17BrF3NO. The van der Waals surface area contributed by atoms with E-state index in [4.69, 9.17) is 0 Å². The maximum Gasteiger partial charge on any atom is 0.416 e. The van der Waals surface area contributed by atoms with Gasteiger partial charge in [0.1, 0.15) is 0 Å². The van der Waals surface area contributed by atoms with Gasteiger partial charge in [0, 0.05) is 24.0 Å². The molecule has 6 heteroatoms. The van der Waals surface area contributed by atoms with E-state index in [1.165, 1.54) is 12.1 Å². The second kappa shape index (κ2) is 6.83. The lowest BCUT2D eigenvalue weighted by molar-refractivity contribution is -0.137. The van der Waals surface area contributed by atoms with Crippen LogP contribution in [0.4, 0.5) is 13.2 Å². The van der Waals surface area contributed by atoms with E-state index in [1.807, 2.05) is 24.3 Å². The van der Waals surface area contributed by atoms with Crippen molar-refractivity contribution in [1.82, 2.24) is 4.90 Å². The summed E-state index contributed by atoms with van der Waals surface area (Å²) in [6, 6.07) is 12.9. The average Bonchev–Trinajstić information content (AvgIpc) is 3.34. The smallest absolute Gasteiger partial charge is 0.341 e. The minimum Gasteiger partial charge on any atom is -0.341 e. The van der Waals surface area contributed by atoms with Gasteiger partial charge in [0.15, 0.2) is 0 Å². The summed E-state index contributed by atoms with van der Waals surface area (Å²) in [5, 5.41) is 0. The molecule has 0 spiro atoms. The Kier molecular flexibility index (Phi) is 4.91. The van der Waals surface area contributed by atoms with E-state index in [0.717, 1.165) is 28.6 Å². The number of amides is 1. The highest BCUT2D eigenvalue weighted by Gasteiger charge is 2.45. The number of halogens is 4. The third-order valence-corrected chi connectivity index (χ3v) is 4.95. The topological polar surface area (TPSA) is 20.3 Å². The fourth-order valence-electron chi connectivity index (χ4n) is 3.01. The van der Waals surface area contributed by atoms with Crippen molar-refractivity contribution < 1.29 is 18.0 Å². The quantitative estimate of drug-likeness (QED) is 0.674. The average molecular weight is 412 g/mol. The predicted molar refractivity (Wildman–Crippen MR) is 92.9 cm³/mol. The van der Waals surface area contributed by atoms with Crippen LogP contribution in [0.1, 0.15) is 29.0 Å². The lowest BCUT2D eigenvalue weighted by Crippen LogP contribution is -2.28. The highest BCUT2D eigenvalue weighted by molar-refractivity contribution is 9.10. The van der Waals surface area contributed by atoms with Crippen molar-refractivity contribution in [2.45, 2.75) is 25.1 Å². The molecule has 1 aliphatic rings. The van der Waals surface area contributed by atoms with Crippen LogP contribution in [0, 0.1) is 5.92 Å². The van der Waals surface area contributed by atoms with Gasteiger partial charge in [0.25, 0.3) is 0 Å². The third kappa shape index (κ3) is 4.24. The first kappa shape index (κ1) is 18.0. The summed E-state index contributed by atoms with van der Waals surface area (Å²) < 4.78 is 38.8. The standard InChI is InChI=1S/C19H17BrF3NO/c1-24(11-12-5-7-14(8-6-12)19(21,22)23)18(25)17-10-16(17)13-3-2-4-15(20)9-13/h2-9,16-17H,10-11H2,1H3. The van der Waals surface area contributed by atoms with Crippen LogP contribution in [-0.4, -0.2) is 17.9 Å². The van der Waals surface area contributed by atoms with Crippen molar-refractivity contribution in [3.63, 3.8) is 0 Å². The molecule has 0 bridgehead atoms. The predicted octanol–water partition coefficient (Wildman–Crippen LogP) is 5.23. The number of hydrogen-bond donors (Lipinski definition) is 0. The lowest BCUT2D eigenvalue weighted by Gasteiger charge is -2.18. The van der Waals surface area contributed by atoms with Crippen molar-refractivity contribution in [2.24, 2.45) is 5.92 Å². The summed E-state index contributed by atoms with van der Waals surface area (Å²) >= 11 is 3.43. The van der Waals surface area contributed by atoms with E-state index in [9.17, 15) is 18.0 Å². The minimum absolute atomic E-state index is 0.0323. The summed E-state index contributed by atoms with van der Waals surface area (Å²) in [6.07, 6.45) is -3.53. The van der Waals surface area contributed by atoms with Gasteiger partial charge in [-0.3, -0.25) is 4.79 Å². The van der Waals surface area contributed by atoms with E-state index in [1.54, 1.807) is 11.9 Å². The lowest BCUT2D eigenvalue weighted by atomic mass is 10.1. The maximum absolute atomic E-state index is 12.6. The van der Waals surface area contributed by atoms with Crippen LogP contribution >= 0.6 is 15.9 Å². The van der Waals surface area contributed by atoms with Crippen LogP contribution in [0.5, 0.6) is 0 Å². The fourth-order valence-corrected chi connectivity index (χ4v) is 3.42. The molecule has 1 aliphatic carbocycles. The van der Waals surface area contributed by atoms with Gasteiger partial charge in [0.2, 0.25) is 5.91 Å². The molecule has 0 N–H and O–H groups in total. The van der Waals surface area contributed by atoms with Crippen molar-refractivity contribution >= 4 is 21.8 Å². The third-order valence-electron chi connectivity index (χ3n) is 4.46. The molecule has 0 aliphatic heterocycles. The largest absolute Gasteiger partial charge is 0.416 e. The van der Waals surface area contributed by atoms with Crippen LogP contribution < -0.4 is 0 Å². The van der Waals surface area contributed by atoms with Gasteiger partial charge in [-0.05, 0) is 47.7 Å². The van der Waals surface area contributed by atoms with Gasteiger partial charge < -0.3 is 4.90 Å². The second-order valence-corrected chi connectivity index (χ2v) is 7.31. The molecule has 2 unspecified atom stereocenters. The molecular weight excluding hydrogens is 395 g/mol. The van der Waals surface area contributed by atoms with Crippen LogP contribution in [0.15, 0.2) is 53.0 Å². The number of carbonyl (C=O) groups excluding carboxylic acids is 1. The Morgan fingerprint density at radius 3 is 2.48 bits per heavy atom. The van der Waals surface area contributed by atoms with E-state index < -0.39 is 11.7 Å². The number of alkyl halides is 3. The van der Waals surface area contributed by atoms with Crippen LogP contribution in [0.25, 0.3) is 0 Å². The number of rotatable bonds is 4. The monoisotopic (exact) mass is 411 g/mol. The fraction of sp³-hybridized carbons (Fsp3) is 0.316. The van der Waals surface area contributed by atoms with Crippen LogP contribution in [-0.2, 0) is 17.5 Å². The first-order valence-electron chi connectivity index (χ1n) is 7.92. The molecule has 0 saturated heterocycles. The van der Waals surface area contributed by atoms with Gasteiger partial charge in [0.05, 0.1) is 5.56 Å². The van der Waals surface area contributed by atoms with Crippen LogP contribution in [0.3, 0.4) is 0 Å². The van der Waals surface area contributed by atoms with E-state index in [-0.39, 0.29) is 17.7 Å². The highest BCUT2D eigenvalue weighted by Crippen LogP contribution is 2.48. The van der Waals surface area contributed by atoms with Gasteiger partial charge >= 0.3 is 6.18 Å². The summed E-state index contributed by atoms with van der Waals surface area (Å²) in [5.41, 5.74) is 1.14. The van der Waals surface area contributed by atoms with Crippen molar-refractivity contribution in [3.05, 3.63) is 69.7 Å². The molecule has 132 valence electrons. The summed E-state index contributed by atoms with van der Waals surface area (Å²) in [7, 11) is 1.69. The molecule has 0 aromatic heterocycles. The molecule has 1 saturated carbocycles. The number of carbonyl (C=O) groups is 1. The zero-order valence-corrected chi connectivity index (χ0v) is 15.1. The maximum atomic E-state index is 12.6. The normalized spacial score (nSPS) is 19.6. The molecule has 2 aromatic rings. The van der Waals surface area contributed by atoms with E-state index in [0.29, 0.717) is 12.1 Å². The van der Waals surface area contributed by atoms with Crippen molar-refractivity contribution in [1.29, 1.82) is 0 Å². The van der Waals surface area contributed by atoms with Gasteiger partial charge in [-0.25, -0.2) is 0 Å². The molecule has 25 heavy (non-hydrogen) atoms. The molecule has 3 rings (SSSR count). The highest BCUT2D eigenvalue weighted by atomic mass is 79.9. The summed E-state index contributed by atoms with van der Waals surface area (Å²) in [6.45, 7) is 0.304. The van der Waals surface area contributed by atoms with Gasteiger partial charge in [-0.15, -0.1) is 0 Å². The van der Waals surface area contributed by atoms with Gasteiger partial charge in [-0.1, -0.05) is 40.2 Å². The van der Waals surface area contributed by atoms with Crippen LogP contribution in [0.2, 0.25) is 0 Å². The Bertz CT molecular complexity index is 773. The van der Waals surface area contributed by atoms with Crippen molar-refractivity contribution in [2.75, 3.05) is 7.05 Å². The van der Waals surface area contributed by atoms with E-state index in [2.05, 4.69) is 15.9 Å². The van der Waals surface area contributed by atoms with Crippen molar-refractivity contribution in [3.8, 4) is 0 Å². The first-order chi connectivity index (χ1) is 11.8. The number of benzene rings is 2.